The number of non-ortho nitro benzene ring substituents is 1. The molecule has 2 amide bonds. The van der Waals surface area contributed by atoms with Gasteiger partial charge in [-0.2, -0.15) is 0 Å². The summed E-state index contributed by atoms with van der Waals surface area (Å²) in [6.45, 7) is 1.64. The first kappa shape index (κ1) is 18.9. The van der Waals surface area contributed by atoms with Gasteiger partial charge in [0.05, 0.1) is 16.2 Å². The van der Waals surface area contributed by atoms with Crippen molar-refractivity contribution < 1.29 is 14.5 Å². The minimum Gasteiger partial charge on any atom is -0.371 e. The first-order valence-corrected chi connectivity index (χ1v) is 9.77. The maximum absolute atomic E-state index is 13.0. The normalized spacial score (nSPS) is 15.8. The third-order valence-electron chi connectivity index (χ3n) is 5.22. The lowest BCUT2D eigenvalue weighted by Crippen LogP contribution is -2.23. The number of nitro benzene ring substituents is 1. The lowest BCUT2D eigenvalue weighted by Gasteiger charge is -2.21. The summed E-state index contributed by atoms with van der Waals surface area (Å²) in [5.41, 5.74) is 1.97. The number of amides is 2. The van der Waals surface area contributed by atoms with Gasteiger partial charge in [-0.05, 0) is 49.9 Å². The van der Waals surface area contributed by atoms with E-state index in [-0.39, 0.29) is 23.1 Å². The Bertz CT molecular complexity index is 965. The summed E-state index contributed by atoms with van der Waals surface area (Å²) < 4.78 is 0. The fourth-order valence-electron chi connectivity index (χ4n) is 3.52. The molecule has 2 aromatic carbocycles. The number of hydrogen-bond donors (Lipinski definition) is 2. The number of benzene rings is 2. The van der Waals surface area contributed by atoms with E-state index in [9.17, 15) is 19.7 Å². The molecule has 1 aliphatic heterocycles. The topological polar surface area (TPSA) is 105 Å². The van der Waals surface area contributed by atoms with Crippen LogP contribution in [-0.2, 0) is 4.79 Å². The second-order valence-electron chi connectivity index (χ2n) is 7.45. The molecule has 4 rings (SSSR count). The Balaban J connectivity index is 1.56. The summed E-state index contributed by atoms with van der Waals surface area (Å²) in [6.07, 6.45) is 3.88. The third kappa shape index (κ3) is 4.37. The van der Waals surface area contributed by atoms with Gasteiger partial charge in [0, 0.05) is 42.5 Å². The van der Waals surface area contributed by atoms with Crippen molar-refractivity contribution in [3.8, 4) is 0 Å². The molecule has 2 N–H and O–H groups in total. The summed E-state index contributed by atoms with van der Waals surface area (Å²) in [7, 11) is 0. The van der Waals surface area contributed by atoms with Crippen molar-refractivity contribution in [2.45, 2.75) is 25.7 Å². The van der Waals surface area contributed by atoms with Crippen molar-refractivity contribution in [3.05, 3.63) is 58.1 Å². The molecule has 2 fully saturated rings. The largest absolute Gasteiger partial charge is 0.371 e. The van der Waals surface area contributed by atoms with E-state index in [1.807, 2.05) is 0 Å². The molecule has 0 spiro atoms. The highest BCUT2D eigenvalue weighted by atomic mass is 16.6. The van der Waals surface area contributed by atoms with Crippen LogP contribution in [0.1, 0.15) is 36.0 Å². The van der Waals surface area contributed by atoms with E-state index in [1.54, 1.807) is 30.3 Å². The van der Waals surface area contributed by atoms with Crippen molar-refractivity contribution in [2.75, 3.05) is 28.6 Å². The van der Waals surface area contributed by atoms with Crippen LogP contribution in [0, 0.1) is 16.0 Å². The molecule has 0 radical (unpaired) electrons. The van der Waals surface area contributed by atoms with Crippen LogP contribution in [0.15, 0.2) is 42.5 Å². The Hall–Kier alpha value is -3.42. The van der Waals surface area contributed by atoms with Crippen LogP contribution in [0.5, 0.6) is 0 Å². The summed E-state index contributed by atoms with van der Waals surface area (Å²) in [6, 6.07) is 11.3. The van der Waals surface area contributed by atoms with Gasteiger partial charge in [-0.25, -0.2) is 0 Å². The summed E-state index contributed by atoms with van der Waals surface area (Å²) in [5.74, 6) is -0.342. The zero-order valence-corrected chi connectivity index (χ0v) is 15.9. The van der Waals surface area contributed by atoms with Gasteiger partial charge in [0.15, 0.2) is 0 Å². The number of carbonyl (C=O) groups excluding carboxylic acids is 2. The summed E-state index contributed by atoms with van der Waals surface area (Å²) in [5, 5.41) is 16.9. The van der Waals surface area contributed by atoms with Crippen molar-refractivity contribution >= 4 is 34.6 Å². The highest BCUT2D eigenvalue weighted by Crippen LogP contribution is 2.31. The molecule has 8 heteroatoms. The van der Waals surface area contributed by atoms with Gasteiger partial charge in [-0.15, -0.1) is 0 Å². The lowest BCUT2D eigenvalue weighted by atomic mass is 10.1. The highest BCUT2D eigenvalue weighted by Gasteiger charge is 2.29. The number of nitrogens with one attached hydrogen (secondary N) is 2. The predicted molar refractivity (Wildman–Crippen MR) is 110 cm³/mol. The molecule has 0 aromatic heterocycles. The molecule has 0 atom stereocenters. The number of nitro groups is 1. The maximum Gasteiger partial charge on any atom is 0.270 e. The first-order valence-electron chi connectivity index (χ1n) is 9.77. The average molecular weight is 394 g/mol. The smallest absolute Gasteiger partial charge is 0.270 e. The van der Waals surface area contributed by atoms with Crippen molar-refractivity contribution in [3.63, 3.8) is 0 Å². The molecule has 1 saturated carbocycles. The molecule has 1 aliphatic carbocycles. The molecule has 2 aromatic rings. The Morgan fingerprint density at radius 3 is 2.34 bits per heavy atom. The first-order chi connectivity index (χ1) is 14.0. The van der Waals surface area contributed by atoms with Gasteiger partial charge in [0.1, 0.15) is 0 Å². The molecule has 29 heavy (non-hydrogen) atoms. The van der Waals surface area contributed by atoms with Crippen LogP contribution < -0.4 is 15.5 Å². The van der Waals surface area contributed by atoms with E-state index >= 15 is 0 Å². The minimum absolute atomic E-state index is 0.0107. The highest BCUT2D eigenvalue weighted by molar-refractivity contribution is 6.09. The van der Waals surface area contributed by atoms with E-state index in [2.05, 4.69) is 15.5 Å². The Morgan fingerprint density at radius 1 is 1.00 bits per heavy atom. The summed E-state index contributed by atoms with van der Waals surface area (Å²) in [4.78, 5) is 37.7. The standard InChI is InChI=1S/C21H22N4O4/c26-20(14-6-7-14)22-15-4-3-5-16(12-15)23-21(27)18-13-17(25(28)29)8-9-19(18)24-10-1-2-11-24/h3-5,8-9,12-14H,1-2,6-7,10-11H2,(H,22,26)(H,23,27). The zero-order valence-electron chi connectivity index (χ0n) is 15.9. The van der Waals surface area contributed by atoms with E-state index in [1.165, 1.54) is 12.1 Å². The Morgan fingerprint density at radius 2 is 1.69 bits per heavy atom. The molecule has 150 valence electrons. The second-order valence-corrected chi connectivity index (χ2v) is 7.45. The molecule has 1 heterocycles. The molecule has 1 saturated heterocycles. The van der Waals surface area contributed by atoms with Gasteiger partial charge in [0.2, 0.25) is 5.91 Å². The fourth-order valence-corrected chi connectivity index (χ4v) is 3.52. The number of carbonyl (C=O) groups is 2. The molecular weight excluding hydrogens is 372 g/mol. The van der Waals surface area contributed by atoms with Crippen LogP contribution in [0.4, 0.5) is 22.7 Å². The van der Waals surface area contributed by atoms with Crippen LogP contribution in [0.2, 0.25) is 0 Å². The van der Waals surface area contributed by atoms with Crippen molar-refractivity contribution in [1.29, 1.82) is 0 Å². The minimum atomic E-state index is -0.501. The molecule has 8 nitrogen and oxygen atoms in total. The van der Waals surface area contributed by atoms with Crippen molar-refractivity contribution in [2.24, 2.45) is 5.92 Å². The average Bonchev–Trinajstić information content (AvgIpc) is 3.42. The van der Waals surface area contributed by atoms with Crippen LogP contribution in [-0.4, -0.2) is 29.8 Å². The third-order valence-corrected chi connectivity index (χ3v) is 5.22. The number of nitrogens with zero attached hydrogens (tertiary/aromatic N) is 2. The Labute approximate surface area is 168 Å². The number of hydrogen-bond acceptors (Lipinski definition) is 5. The van der Waals surface area contributed by atoms with Crippen molar-refractivity contribution in [1.82, 2.24) is 0 Å². The van der Waals surface area contributed by atoms with Gasteiger partial charge in [0.25, 0.3) is 11.6 Å². The Kier molecular flexibility index (Phi) is 5.16. The van der Waals surface area contributed by atoms with Gasteiger partial charge in [-0.3, -0.25) is 19.7 Å². The SMILES string of the molecule is O=C(Nc1cccc(NC(=O)C2CC2)c1)c1cc([N+](=O)[O-])ccc1N1CCCC1. The maximum atomic E-state index is 13.0. The monoisotopic (exact) mass is 394 g/mol. The lowest BCUT2D eigenvalue weighted by molar-refractivity contribution is -0.384. The van der Waals surface area contributed by atoms with Crippen LogP contribution in [0.3, 0.4) is 0 Å². The van der Waals surface area contributed by atoms with E-state index in [0.717, 1.165) is 38.8 Å². The van der Waals surface area contributed by atoms with Gasteiger partial charge < -0.3 is 15.5 Å². The second kappa shape index (κ2) is 7.90. The van der Waals surface area contributed by atoms with E-state index < -0.39 is 10.8 Å². The fraction of sp³-hybridized carbons (Fsp3) is 0.333. The number of anilines is 3. The predicted octanol–water partition coefficient (Wildman–Crippen LogP) is 3.80. The van der Waals surface area contributed by atoms with E-state index in [0.29, 0.717) is 17.1 Å². The zero-order chi connectivity index (χ0) is 20.4. The summed E-state index contributed by atoms with van der Waals surface area (Å²) >= 11 is 0. The molecule has 0 bridgehead atoms. The van der Waals surface area contributed by atoms with Gasteiger partial charge in [-0.1, -0.05) is 6.07 Å². The van der Waals surface area contributed by atoms with E-state index in [4.69, 9.17) is 0 Å². The molecular formula is C21H22N4O4. The van der Waals surface area contributed by atoms with Crippen LogP contribution >= 0.6 is 0 Å². The molecule has 0 unspecified atom stereocenters. The number of rotatable bonds is 6. The quantitative estimate of drug-likeness (QED) is 0.573. The van der Waals surface area contributed by atoms with Gasteiger partial charge >= 0.3 is 0 Å². The van der Waals surface area contributed by atoms with Crippen LogP contribution in [0.25, 0.3) is 0 Å². The molecule has 2 aliphatic rings.